The monoisotopic (exact) mass is 456 g/mol. The lowest BCUT2D eigenvalue weighted by Gasteiger charge is -2.31. The second-order valence-corrected chi connectivity index (χ2v) is 9.24. The van der Waals surface area contributed by atoms with Crippen LogP contribution in [0.25, 0.3) is 16.8 Å². The van der Waals surface area contributed by atoms with Crippen molar-refractivity contribution in [2.75, 3.05) is 6.61 Å². The number of fused-ring (bicyclic) bond motifs is 2. The maximum absolute atomic E-state index is 13.1. The minimum Gasteiger partial charge on any atom is -0.492 e. The van der Waals surface area contributed by atoms with Crippen LogP contribution < -0.4 is 10.5 Å². The first-order valence-electron chi connectivity index (χ1n) is 10.7. The molecule has 32 heavy (non-hydrogen) atoms. The Labute approximate surface area is 188 Å². The lowest BCUT2D eigenvalue weighted by atomic mass is 10.0. The third-order valence-electron chi connectivity index (χ3n) is 5.99. The number of nitrogens with one attached hydrogen (secondary N) is 1. The van der Waals surface area contributed by atoms with E-state index < -0.39 is 23.5 Å². The number of amides is 1. The Morgan fingerprint density at radius 2 is 2.12 bits per heavy atom. The zero-order chi connectivity index (χ0) is 22.2. The molecule has 0 bridgehead atoms. The lowest BCUT2D eigenvalue weighted by Crippen LogP contribution is -2.49. The second-order valence-electron chi connectivity index (χ2n) is 8.07. The average Bonchev–Trinajstić information content (AvgIpc) is 3.53. The molecule has 2 unspecified atom stereocenters. The molecule has 0 radical (unpaired) electrons. The Morgan fingerprint density at radius 3 is 2.84 bits per heavy atom. The first-order valence-corrected chi connectivity index (χ1v) is 11.5. The summed E-state index contributed by atoms with van der Waals surface area (Å²) in [4.78, 5) is 27.3. The normalized spacial score (nSPS) is 21.5. The van der Waals surface area contributed by atoms with Crippen LogP contribution in [0.1, 0.15) is 37.7 Å². The number of aliphatic hydroxyl groups is 1. The molecule has 10 heteroatoms. The molecule has 2 aliphatic heterocycles. The van der Waals surface area contributed by atoms with Crippen molar-refractivity contribution in [1.82, 2.24) is 15.1 Å². The van der Waals surface area contributed by atoms with Crippen molar-refractivity contribution in [3.63, 3.8) is 0 Å². The van der Waals surface area contributed by atoms with E-state index in [-0.39, 0.29) is 6.10 Å². The molecule has 3 aliphatic rings. The van der Waals surface area contributed by atoms with Crippen molar-refractivity contribution >= 4 is 29.3 Å². The standard InChI is InChI=1S/C22H24N4O5S/c23-19(27)20(28)26-18-15-6-5-12(13-10-24-25-11-13)9-16(15)30-8-7-17(18)32-21(26)22(29)31-14-3-1-2-4-14/h5-6,9-11,14,20-21,28H,1-4,7-8H2,(H2,23,27)(H,24,25). The van der Waals surface area contributed by atoms with Gasteiger partial charge in [-0.25, -0.2) is 4.79 Å². The Balaban J connectivity index is 1.52. The highest BCUT2D eigenvalue weighted by atomic mass is 32.2. The summed E-state index contributed by atoms with van der Waals surface area (Å²) in [6, 6.07) is 5.66. The lowest BCUT2D eigenvalue weighted by molar-refractivity contribution is -0.154. The number of benzene rings is 1. The summed E-state index contributed by atoms with van der Waals surface area (Å²) in [6.07, 6.45) is 5.97. The number of nitrogens with zero attached hydrogens (tertiary/aromatic N) is 2. The van der Waals surface area contributed by atoms with Gasteiger partial charge in [0, 0.05) is 28.6 Å². The highest BCUT2D eigenvalue weighted by Gasteiger charge is 2.45. The molecule has 2 atom stereocenters. The molecule has 1 saturated carbocycles. The number of thioether (sulfide) groups is 1. The second kappa shape index (κ2) is 8.51. The van der Waals surface area contributed by atoms with Crippen molar-refractivity contribution in [2.45, 2.75) is 49.8 Å². The van der Waals surface area contributed by atoms with Crippen LogP contribution in [-0.2, 0) is 14.3 Å². The van der Waals surface area contributed by atoms with Crippen molar-refractivity contribution in [3.05, 3.63) is 41.1 Å². The van der Waals surface area contributed by atoms with Gasteiger partial charge < -0.3 is 25.2 Å². The van der Waals surface area contributed by atoms with Crippen LogP contribution in [0.5, 0.6) is 5.75 Å². The van der Waals surface area contributed by atoms with Crippen molar-refractivity contribution in [3.8, 4) is 16.9 Å². The van der Waals surface area contributed by atoms with Crippen LogP contribution in [-0.4, -0.2) is 56.4 Å². The summed E-state index contributed by atoms with van der Waals surface area (Å²) in [6.45, 7) is 0.401. The molecule has 5 rings (SSSR count). The zero-order valence-corrected chi connectivity index (χ0v) is 18.1. The molecule has 1 aromatic heterocycles. The molecule has 1 fully saturated rings. The minimum atomic E-state index is -1.67. The van der Waals surface area contributed by atoms with E-state index in [0.29, 0.717) is 30.0 Å². The number of hydrogen-bond acceptors (Lipinski definition) is 8. The molecule has 4 N–H and O–H groups in total. The van der Waals surface area contributed by atoms with E-state index in [2.05, 4.69) is 10.2 Å². The van der Waals surface area contributed by atoms with E-state index in [1.807, 2.05) is 18.2 Å². The summed E-state index contributed by atoms with van der Waals surface area (Å²) in [5.74, 6) is -0.798. The fourth-order valence-corrected chi connectivity index (χ4v) is 5.72. The molecular weight excluding hydrogens is 432 g/mol. The van der Waals surface area contributed by atoms with Gasteiger partial charge in [-0.3, -0.25) is 9.89 Å². The number of esters is 1. The number of H-pyrrole nitrogens is 1. The van der Waals surface area contributed by atoms with Gasteiger partial charge in [0.25, 0.3) is 5.91 Å². The molecular formula is C22H24N4O5S. The van der Waals surface area contributed by atoms with Crippen LogP contribution in [0.3, 0.4) is 0 Å². The maximum Gasteiger partial charge on any atom is 0.340 e. The Hall–Kier alpha value is -2.98. The zero-order valence-electron chi connectivity index (χ0n) is 17.3. The Morgan fingerprint density at radius 1 is 1.31 bits per heavy atom. The number of nitrogens with two attached hydrogens (primary N) is 1. The van der Waals surface area contributed by atoms with Gasteiger partial charge in [0.2, 0.25) is 6.23 Å². The number of hydrogen-bond donors (Lipinski definition) is 3. The van der Waals surface area contributed by atoms with Crippen LogP contribution in [0.2, 0.25) is 0 Å². The van der Waals surface area contributed by atoms with E-state index in [1.165, 1.54) is 16.7 Å². The Bertz CT molecular complexity index is 1060. The summed E-state index contributed by atoms with van der Waals surface area (Å²) in [5, 5.41) is 16.6. The highest BCUT2D eigenvalue weighted by molar-refractivity contribution is 8.04. The van der Waals surface area contributed by atoms with Crippen molar-refractivity contribution in [2.24, 2.45) is 5.73 Å². The van der Waals surface area contributed by atoms with Gasteiger partial charge in [-0.1, -0.05) is 17.8 Å². The first-order chi connectivity index (χ1) is 15.5. The fraction of sp³-hybridized carbons (Fsp3) is 0.409. The number of aliphatic hydroxyl groups excluding tert-OH is 1. The van der Waals surface area contributed by atoms with E-state index in [9.17, 15) is 14.7 Å². The molecule has 168 valence electrons. The smallest absolute Gasteiger partial charge is 0.340 e. The van der Waals surface area contributed by atoms with Gasteiger partial charge in [0.15, 0.2) is 5.37 Å². The maximum atomic E-state index is 13.1. The molecule has 0 spiro atoms. The van der Waals surface area contributed by atoms with Gasteiger partial charge in [-0.2, -0.15) is 5.10 Å². The van der Waals surface area contributed by atoms with Gasteiger partial charge in [-0.15, -0.1) is 0 Å². The number of aromatic amines is 1. The number of primary amides is 1. The quantitative estimate of drug-likeness (QED) is 0.584. The number of aromatic nitrogens is 2. The molecule has 1 aliphatic carbocycles. The first kappa shape index (κ1) is 20.9. The number of ether oxygens (including phenoxy) is 2. The molecule has 1 aromatic carbocycles. The predicted molar refractivity (Wildman–Crippen MR) is 118 cm³/mol. The van der Waals surface area contributed by atoms with Crippen LogP contribution >= 0.6 is 11.8 Å². The third-order valence-corrected chi connectivity index (χ3v) is 7.31. The number of carbonyl (C=O) groups is 2. The topological polar surface area (TPSA) is 131 Å². The summed E-state index contributed by atoms with van der Waals surface area (Å²) >= 11 is 1.29. The van der Waals surface area contributed by atoms with E-state index in [4.69, 9.17) is 15.2 Å². The number of rotatable bonds is 5. The molecule has 3 heterocycles. The van der Waals surface area contributed by atoms with Gasteiger partial charge >= 0.3 is 5.97 Å². The van der Waals surface area contributed by atoms with Gasteiger partial charge in [0.05, 0.1) is 18.5 Å². The summed E-state index contributed by atoms with van der Waals surface area (Å²) < 4.78 is 11.7. The number of carbonyl (C=O) groups excluding carboxylic acids is 2. The summed E-state index contributed by atoms with van der Waals surface area (Å²) in [5.41, 5.74) is 8.54. The highest BCUT2D eigenvalue weighted by Crippen LogP contribution is 2.50. The largest absolute Gasteiger partial charge is 0.492 e. The van der Waals surface area contributed by atoms with Crippen LogP contribution in [0.15, 0.2) is 35.5 Å². The fourth-order valence-electron chi connectivity index (χ4n) is 4.43. The average molecular weight is 457 g/mol. The molecule has 1 amide bonds. The van der Waals surface area contributed by atoms with Crippen molar-refractivity contribution in [1.29, 1.82) is 0 Å². The van der Waals surface area contributed by atoms with Crippen LogP contribution in [0.4, 0.5) is 0 Å². The van der Waals surface area contributed by atoms with E-state index in [0.717, 1.165) is 41.7 Å². The summed E-state index contributed by atoms with van der Waals surface area (Å²) in [7, 11) is 0. The van der Waals surface area contributed by atoms with Gasteiger partial charge in [-0.05, 0) is 43.4 Å². The molecule has 2 aromatic rings. The third kappa shape index (κ3) is 3.73. The Kier molecular flexibility index (Phi) is 5.56. The SMILES string of the molecule is NC(=O)C(O)N1C2=C(CCOc3cc(-c4cn[nH]c4)ccc32)SC1C(=O)OC1CCCC1. The van der Waals surface area contributed by atoms with E-state index in [1.54, 1.807) is 12.4 Å². The van der Waals surface area contributed by atoms with E-state index >= 15 is 0 Å². The van der Waals surface area contributed by atoms with Crippen molar-refractivity contribution < 1.29 is 24.2 Å². The minimum absolute atomic E-state index is 0.121. The molecule has 0 saturated heterocycles. The van der Waals surface area contributed by atoms with Gasteiger partial charge in [0.1, 0.15) is 11.9 Å². The predicted octanol–water partition coefficient (Wildman–Crippen LogP) is 2.19. The van der Waals surface area contributed by atoms with Crippen LogP contribution in [0, 0.1) is 0 Å². The molecule has 9 nitrogen and oxygen atoms in total.